The number of oxime groups is 1. The van der Waals surface area contributed by atoms with E-state index in [-0.39, 0.29) is 31.7 Å². The molecular formula is C18H14ClN3O5. The third-order valence-corrected chi connectivity index (χ3v) is 5.46. The molecule has 0 aromatic heterocycles. The topological polar surface area (TPSA) is 107 Å². The van der Waals surface area contributed by atoms with Crippen molar-refractivity contribution in [2.45, 2.75) is 5.41 Å². The van der Waals surface area contributed by atoms with Gasteiger partial charge in [-0.25, -0.2) is 0 Å². The maximum absolute atomic E-state index is 13.6. The van der Waals surface area contributed by atoms with E-state index in [0.29, 0.717) is 39.1 Å². The Balaban J connectivity index is 1.74. The lowest BCUT2D eigenvalue weighted by Crippen LogP contribution is -2.45. The summed E-state index contributed by atoms with van der Waals surface area (Å²) in [5, 5.41) is 12.4. The van der Waals surface area contributed by atoms with Crippen LogP contribution in [0.15, 0.2) is 35.5 Å². The normalized spacial score (nSPS) is 22.2. The van der Waals surface area contributed by atoms with Crippen LogP contribution in [-0.2, 0) is 10.2 Å². The first-order valence-corrected chi connectivity index (χ1v) is 8.58. The zero-order chi connectivity index (χ0) is 18.8. The summed E-state index contributed by atoms with van der Waals surface area (Å²) in [7, 11) is 0. The van der Waals surface area contributed by atoms with Crippen LogP contribution in [-0.4, -0.2) is 36.9 Å². The van der Waals surface area contributed by atoms with Crippen LogP contribution in [0.25, 0.3) is 0 Å². The molecule has 0 fully saturated rings. The molecule has 1 atom stereocenters. The van der Waals surface area contributed by atoms with E-state index in [0.717, 1.165) is 0 Å². The second-order valence-corrected chi connectivity index (χ2v) is 6.92. The van der Waals surface area contributed by atoms with E-state index < -0.39 is 5.41 Å². The SMILES string of the molecule is N/C(CN1C(=O)C2(COc3cc4c(cc32)OCO4)c2c(Cl)cccc21)=N\O. The van der Waals surface area contributed by atoms with E-state index in [9.17, 15) is 4.79 Å². The van der Waals surface area contributed by atoms with Crippen molar-refractivity contribution >= 4 is 29.0 Å². The predicted octanol–water partition coefficient (Wildman–Crippen LogP) is 1.84. The van der Waals surface area contributed by atoms with Crippen molar-refractivity contribution in [3.05, 3.63) is 46.5 Å². The standard InChI is InChI=1S/C18H14ClN3O5/c19-10-2-1-3-11-16(10)18(17(23)22(11)6-15(20)21-24)7-25-12-5-14-13(4-9(12)18)26-8-27-14/h1-5,24H,6-8H2,(H2,20,21). The molecule has 9 heteroatoms. The maximum atomic E-state index is 13.6. The zero-order valence-electron chi connectivity index (χ0n) is 13.9. The molecule has 1 spiro atoms. The molecule has 1 amide bonds. The third-order valence-electron chi connectivity index (χ3n) is 5.15. The average molecular weight is 388 g/mol. The minimum Gasteiger partial charge on any atom is -0.491 e. The molecule has 1 unspecified atom stereocenters. The molecule has 0 saturated carbocycles. The highest BCUT2D eigenvalue weighted by Gasteiger charge is 2.58. The largest absolute Gasteiger partial charge is 0.491 e. The number of nitrogens with zero attached hydrogens (tertiary/aromatic N) is 2. The molecule has 5 rings (SSSR count). The summed E-state index contributed by atoms with van der Waals surface area (Å²) < 4.78 is 16.8. The van der Waals surface area contributed by atoms with E-state index in [4.69, 9.17) is 36.8 Å². The van der Waals surface area contributed by atoms with Gasteiger partial charge in [0.2, 0.25) is 12.7 Å². The van der Waals surface area contributed by atoms with Crippen LogP contribution in [0, 0.1) is 0 Å². The van der Waals surface area contributed by atoms with E-state index in [1.807, 2.05) is 0 Å². The maximum Gasteiger partial charge on any atom is 0.246 e. The Morgan fingerprint density at radius 3 is 2.81 bits per heavy atom. The monoisotopic (exact) mass is 387 g/mol. The zero-order valence-corrected chi connectivity index (χ0v) is 14.7. The van der Waals surface area contributed by atoms with Gasteiger partial charge in [0.15, 0.2) is 17.3 Å². The van der Waals surface area contributed by atoms with Gasteiger partial charge in [-0.3, -0.25) is 4.79 Å². The minimum atomic E-state index is -1.13. The van der Waals surface area contributed by atoms with Gasteiger partial charge in [0, 0.05) is 22.2 Å². The Labute approximate surface area is 158 Å². The molecule has 0 saturated heterocycles. The molecule has 3 aliphatic heterocycles. The van der Waals surface area contributed by atoms with Crippen LogP contribution < -0.4 is 24.8 Å². The van der Waals surface area contributed by atoms with Crippen LogP contribution in [0.2, 0.25) is 5.02 Å². The second kappa shape index (κ2) is 5.43. The number of halogens is 1. The molecule has 0 aliphatic carbocycles. The van der Waals surface area contributed by atoms with Crippen LogP contribution in [0.5, 0.6) is 17.2 Å². The number of anilines is 1. The summed E-state index contributed by atoms with van der Waals surface area (Å²) in [5.74, 6) is 1.33. The van der Waals surface area contributed by atoms with E-state index in [1.165, 1.54) is 4.90 Å². The van der Waals surface area contributed by atoms with Crippen LogP contribution in [0.3, 0.4) is 0 Å². The van der Waals surface area contributed by atoms with Crippen LogP contribution in [0.1, 0.15) is 11.1 Å². The van der Waals surface area contributed by atoms with Gasteiger partial charge in [0.05, 0.1) is 12.2 Å². The fourth-order valence-electron chi connectivity index (χ4n) is 3.98. The van der Waals surface area contributed by atoms with E-state index in [1.54, 1.807) is 30.3 Å². The van der Waals surface area contributed by atoms with Gasteiger partial charge < -0.3 is 30.1 Å². The highest BCUT2D eigenvalue weighted by Crippen LogP contribution is 2.56. The molecule has 2 aromatic carbocycles. The van der Waals surface area contributed by atoms with Crippen LogP contribution >= 0.6 is 11.6 Å². The summed E-state index contributed by atoms with van der Waals surface area (Å²) in [5.41, 5.74) is 6.45. The summed E-state index contributed by atoms with van der Waals surface area (Å²) in [6, 6.07) is 8.76. The Kier molecular flexibility index (Phi) is 3.23. The smallest absolute Gasteiger partial charge is 0.246 e. The van der Waals surface area contributed by atoms with Gasteiger partial charge in [0.25, 0.3) is 0 Å². The lowest BCUT2D eigenvalue weighted by atomic mass is 9.77. The highest BCUT2D eigenvalue weighted by atomic mass is 35.5. The van der Waals surface area contributed by atoms with Crippen molar-refractivity contribution in [2.24, 2.45) is 10.9 Å². The van der Waals surface area contributed by atoms with Crippen molar-refractivity contribution in [1.29, 1.82) is 0 Å². The second-order valence-electron chi connectivity index (χ2n) is 6.51. The lowest BCUT2D eigenvalue weighted by molar-refractivity contribution is -0.121. The van der Waals surface area contributed by atoms with Gasteiger partial charge in [-0.05, 0) is 18.2 Å². The number of nitrogens with two attached hydrogens (primary N) is 1. The molecular weight excluding hydrogens is 374 g/mol. The summed E-state index contributed by atoms with van der Waals surface area (Å²) >= 11 is 6.52. The molecule has 3 aliphatic rings. The molecule has 0 bridgehead atoms. The number of rotatable bonds is 2. The first-order chi connectivity index (χ1) is 13.1. The lowest BCUT2D eigenvalue weighted by Gasteiger charge is -2.23. The van der Waals surface area contributed by atoms with Crippen molar-refractivity contribution < 1.29 is 24.2 Å². The number of carbonyl (C=O) groups is 1. The quantitative estimate of drug-likeness (QED) is 0.352. The number of hydrogen-bond donors (Lipinski definition) is 2. The van der Waals surface area contributed by atoms with Crippen LogP contribution in [0.4, 0.5) is 5.69 Å². The molecule has 8 nitrogen and oxygen atoms in total. The summed E-state index contributed by atoms with van der Waals surface area (Å²) in [6.07, 6.45) is 0. The first kappa shape index (κ1) is 16.1. The molecule has 0 radical (unpaired) electrons. The Hall–Kier alpha value is -3.13. The van der Waals surface area contributed by atoms with Crippen molar-refractivity contribution in [2.75, 3.05) is 24.8 Å². The highest BCUT2D eigenvalue weighted by molar-refractivity contribution is 6.33. The molecule has 138 valence electrons. The summed E-state index contributed by atoms with van der Waals surface area (Å²) in [6.45, 7) is 0.143. The van der Waals surface area contributed by atoms with Crippen molar-refractivity contribution in [3.63, 3.8) is 0 Å². The van der Waals surface area contributed by atoms with E-state index in [2.05, 4.69) is 5.16 Å². The van der Waals surface area contributed by atoms with Gasteiger partial charge in [-0.2, -0.15) is 0 Å². The first-order valence-electron chi connectivity index (χ1n) is 8.20. The number of benzene rings is 2. The van der Waals surface area contributed by atoms with Crippen molar-refractivity contribution in [3.8, 4) is 17.2 Å². The number of hydrogen-bond acceptors (Lipinski definition) is 6. The van der Waals surface area contributed by atoms with Gasteiger partial charge in [-0.15, -0.1) is 0 Å². The predicted molar refractivity (Wildman–Crippen MR) is 96.1 cm³/mol. The van der Waals surface area contributed by atoms with Gasteiger partial charge in [0.1, 0.15) is 17.8 Å². The average Bonchev–Trinajstić information content (AvgIpc) is 3.33. The third kappa shape index (κ3) is 1.98. The minimum absolute atomic E-state index is 0.0652. The number of ether oxygens (including phenoxy) is 3. The Morgan fingerprint density at radius 2 is 2.04 bits per heavy atom. The number of fused-ring (bicyclic) bond motifs is 5. The molecule has 3 heterocycles. The molecule has 3 N–H and O–H groups in total. The number of amidine groups is 1. The molecule has 2 aromatic rings. The van der Waals surface area contributed by atoms with E-state index >= 15 is 0 Å². The van der Waals surface area contributed by atoms with Gasteiger partial charge >= 0.3 is 0 Å². The van der Waals surface area contributed by atoms with Crippen molar-refractivity contribution in [1.82, 2.24) is 0 Å². The Bertz CT molecular complexity index is 1020. The number of carbonyl (C=O) groups excluding carboxylic acids is 1. The molecule has 27 heavy (non-hydrogen) atoms. The van der Waals surface area contributed by atoms with Gasteiger partial charge in [-0.1, -0.05) is 22.8 Å². The Morgan fingerprint density at radius 1 is 1.26 bits per heavy atom. The fraction of sp³-hybridized carbons (Fsp3) is 0.222. The number of amides is 1. The fourth-order valence-corrected chi connectivity index (χ4v) is 4.31. The summed E-state index contributed by atoms with van der Waals surface area (Å²) in [4.78, 5) is 15.0.